The molecule has 2 heterocycles. The van der Waals surface area contributed by atoms with Crippen molar-refractivity contribution in [3.63, 3.8) is 0 Å². The average molecular weight is 556 g/mol. The normalized spacial score (nSPS) is 16.0. The van der Waals surface area contributed by atoms with Crippen LogP contribution in [0.25, 0.3) is 11.8 Å². The van der Waals surface area contributed by atoms with Crippen LogP contribution in [0.4, 0.5) is 5.69 Å². The summed E-state index contributed by atoms with van der Waals surface area (Å²) < 4.78 is 18.7. The zero-order valence-electron chi connectivity index (χ0n) is 22.0. The molecule has 0 fully saturated rings. The second-order valence-corrected chi connectivity index (χ2v) is 10.4. The maximum absolute atomic E-state index is 14.0. The molecule has 3 aromatic carbocycles. The molecule has 40 heavy (non-hydrogen) atoms. The molecular formula is C30H25N3O6S. The summed E-state index contributed by atoms with van der Waals surface area (Å²) in [6, 6.07) is 18.0. The number of allylic oxidation sites excluding steroid dienone is 1. The molecule has 1 unspecified atom stereocenters. The van der Waals surface area contributed by atoms with Crippen LogP contribution in [0.5, 0.6) is 17.2 Å². The quantitative estimate of drug-likeness (QED) is 0.260. The van der Waals surface area contributed by atoms with E-state index in [1.165, 1.54) is 36.1 Å². The molecule has 1 aliphatic heterocycles. The number of nitro groups is 1. The van der Waals surface area contributed by atoms with Crippen LogP contribution >= 0.6 is 11.3 Å². The molecular weight excluding hydrogens is 530 g/mol. The second-order valence-electron chi connectivity index (χ2n) is 9.38. The lowest BCUT2D eigenvalue weighted by molar-refractivity contribution is -0.385. The highest BCUT2D eigenvalue weighted by Gasteiger charge is 2.34. The molecule has 0 bridgehead atoms. The molecule has 202 valence electrons. The summed E-state index contributed by atoms with van der Waals surface area (Å²) in [6.07, 6.45) is 3.22. The van der Waals surface area contributed by atoms with Gasteiger partial charge in [0.05, 0.1) is 42.5 Å². The fourth-order valence-corrected chi connectivity index (χ4v) is 6.52. The largest absolute Gasteiger partial charge is 0.493 e. The molecule has 1 aliphatic carbocycles. The van der Waals surface area contributed by atoms with Crippen LogP contribution in [0, 0.1) is 10.1 Å². The molecule has 1 aromatic heterocycles. The van der Waals surface area contributed by atoms with Crippen molar-refractivity contribution in [3.8, 4) is 17.2 Å². The first-order chi connectivity index (χ1) is 19.4. The van der Waals surface area contributed by atoms with Crippen molar-refractivity contribution < 1.29 is 19.1 Å². The Morgan fingerprint density at radius 1 is 1.00 bits per heavy atom. The van der Waals surface area contributed by atoms with E-state index in [1.54, 1.807) is 30.9 Å². The summed E-state index contributed by atoms with van der Waals surface area (Å²) in [4.78, 5) is 30.7. The summed E-state index contributed by atoms with van der Waals surface area (Å²) >= 11 is 1.25. The molecule has 0 saturated heterocycles. The van der Waals surface area contributed by atoms with Crippen LogP contribution in [-0.4, -0.2) is 30.8 Å². The first-order valence-corrected chi connectivity index (χ1v) is 13.4. The van der Waals surface area contributed by atoms with Gasteiger partial charge in [-0.15, -0.1) is 0 Å². The number of nitrogens with zero attached hydrogens (tertiary/aromatic N) is 3. The summed E-state index contributed by atoms with van der Waals surface area (Å²) in [6.45, 7) is 0. The lowest BCUT2D eigenvalue weighted by Crippen LogP contribution is -2.39. The highest BCUT2D eigenvalue weighted by atomic mass is 32.1. The molecule has 9 nitrogen and oxygen atoms in total. The van der Waals surface area contributed by atoms with Gasteiger partial charge in [0, 0.05) is 17.2 Å². The number of hydrogen-bond acceptors (Lipinski definition) is 8. The fourth-order valence-electron chi connectivity index (χ4n) is 5.52. The van der Waals surface area contributed by atoms with E-state index in [2.05, 4.69) is 12.1 Å². The van der Waals surface area contributed by atoms with Gasteiger partial charge in [-0.3, -0.25) is 19.5 Å². The smallest absolute Gasteiger partial charge is 0.311 e. The van der Waals surface area contributed by atoms with Gasteiger partial charge in [0.2, 0.25) is 0 Å². The van der Waals surface area contributed by atoms with Crippen molar-refractivity contribution in [3.05, 3.63) is 118 Å². The van der Waals surface area contributed by atoms with Crippen molar-refractivity contribution in [1.82, 2.24) is 4.57 Å². The van der Waals surface area contributed by atoms with Crippen molar-refractivity contribution in [2.45, 2.75) is 18.9 Å². The van der Waals surface area contributed by atoms with Gasteiger partial charge >= 0.3 is 5.69 Å². The Morgan fingerprint density at radius 3 is 2.55 bits per heavy atom. The first-order valence-electron chi connectivity index (χ1n) is 12.6. The van der Waals surface area contributed by atoms with Gasteiger partial charge in [0.15, 0.2) is 22.0 Å². The maximum atomic E-state index is 14.0. The minimum absolute atomic E-state index is 0.153. The molecule has 2 aliphatic rings. The van der Waals surface area contributed by atoms with Crippen molar-refractivity contribution in [1.29, 1.82) is 0 Å². The number of benzene rings is 3. The van der Waals surface area contributed by atoms with Gasteiger partial charge in [-0.25, -0.2) is 4.99 Å². The SMILES string of the molecule is COc1ccc(/C=c2/sc3n(c2=O)C(c2cccc(OC)c2OC)C2=C(N=3)c3ccccc3CC2)cc1[N+](=O)[O-]. The van der Waals surface area contributed by atoms with E-state index >= 15 is 0 Å². The summed E-state index contributed by atoms with van der Waals surface area (Å²) in [5.41, 5.74) is 5.08. The standard InChI is InChI=1S/C30H25N3O6S/c1-37-23-14-11-17(15-22(23)33(35)36)16-25-29(34)32-27(21-9-6-10-24(38-2)28(21)39-3)20-13-12-18-7-4-5-8-19(18)26(20)31-30(32)40-25/h4-11,14-16,27H,12-13H2,1-3H3/b25-16+. The molecule has 0 saturated carbocycles. The Bertz CT molecular complexity index is 1890. The van der Waals surface area contributed by atoms with Crippen LogP contribution < -0.4 is 29.1 Å². The van der Waals surface area contributed by atoms with E-state index in [1.807, 2.05) is 30.3 Å². The Kier molecular flexibility index (Phi) is 6.47. The van der Waals surface area contributed by atoms with Gasteiger partial charge in [-0.1, -0.05) is 53.8 Å². The van der Waals surface area contributed by atoms with E-state index in [0.717, 1.165) is 35.2 Å². The minimum Gasteiger partial charge on any atom is -0.493 e. The van der Waals surface area contributed by atoms with Crippen LogP contribution in [-0.2, 0) is 6.42 Å². The van der Waals surface area contributed by atoms with Crippen molar-refractivity contribution in [2.24, 2.45) is 4.99 Å². The number of aromatic nitrogens is 1. The van der Waals surface area contributed by atoms with E-state index in [4.69, 9.17) is 19.2 Å². The van der Waals surface area contributed by atoms with Crippen molar-refractivity contribution in [2.75, 3.05) is 21.3 Å². The summed E-state index contributed by atoms with van der Waals surface area (Å²) in [5.74, 6) is 1.28. The number of ether oxygens (including phenoxy) is 3. The lowest BCUT2D eigenvalue weighted by atomic mass is 9.83. The molecule has 1 atom stereocenters. The molecule has 0 N–H and O–H groups in total. The second kappa shape index (κ2) is 10.1. The molecule has 0 amide bonds. The number of rotatable bonds is 6. The van der Waals surface area contributed by atoms with Gasteiger partial charge in [-0.2, -0.15) is 0 Å². The predicted molar refractivity (Wildman–Crippen MR) is 152 cm³/mol. The number of hydrogen-bond donors (Lipinski definition) is 0. The third-order valence-corrected chi connectivity index (χ3v) is 8.28. The third kappa shape index (κ3) is 4.08. The predicted octanol–water partition coefficient (Wildman–Crippen LogP) is 4.25. The number of methoxy groups -OCH3 is 3. The topological polar surface area (TPSA) is 105 Å². The monoisotopic (exact) mass is 555 g/mol. The van der Waals surface area contributed by atoms with Crippen LogP contribution in [0.3, 0.4) is 0 Å². The fraction of sp³-hybridized carbons (Fsp3) is 0.200. The van der Waals surface area contributed by atoms with E-state index in [0.29, 0.717) is 26.4 Å². The van der Waals surface area contributed by atoms with Gasteiger partial charge in [0.1, 0.15) is 0 Å². The van der Waals surface area contributed by atoms with E-state index < -0.39 is 11.0 Å². The summed E-state index contributed by atoms with van der Waals surface area (Å²) in [7, 11) is 4.56. The zero-order valence-corrected chi connectivity index (χ0v) is 22.9. The summed E-state index contributed by atoms with van der Waals surface area (Å²) in [5, 5.41) is 11.6. The van der Waals surface area contributed by atoms with Crippen LogP contribution in [0.1, 0.15) is 34.7 Å². The molecule has 0 radical (unpaired) electrons. The number of aryl methyl sites for hydroxylation is 1. The van der Waals surface area contributed by atoms with E-state index in [-0.39, 0.29) is 17.0 Å². The Labute approximate surface area is 233 Å². The molecule has 6 rings (SSSR count). The number of fused-ring (bicyclic) bond motifs is 3. The number of para-hydroxylation sites is 1. The first kappa shape index (κ1) is 25.6. The molecule has 10 heteroatoms. The van der Waals surface area contributed by atoms with E-state index in [9.17, 15) is 14.9 Å². The van der Waals surface area contributed by atoms with Gasteiger partial charge in [-0.05, 0) is 47.8 Å². The van der Waals surface area contributed by atoms with Gasteiger partial charge in [0.25, 0.3) is 5.56 Å². The average Bonchev–Trinajstić information content (AvgIpc) is 3.29. The van der Waals surface area contributed by atoms with Crippen molar-refractivity contribution >= 4 is 28.8 Å². The Morgan fingerprint density at radius 2 is 1.80 bits per heavy atom. The lowest BCUT2D eigenvalue weighted by Gasteiger charge is -2.31. The molecule has 0 spiro atoms. The van der Waals surface area contributed by atoms with Crippen LogP contribution in [0.15, 0.2) is 76.0 Å². The van der Waals surface area contributed by atoms with Gasteiger partial charge < -0.3 is 14.2 Å². The Hall–Kier alpha value is -4.70. The third-order valence-electron chi connectivity index (χ3n) is 7.30. The highest BCUT2D eigenvalue weighted by molar-refractivity contribution is 7.07. The maximum Gasteiger partial charge on any atom is 0.311 e. The highest BCUT2D eigenvalue weighted by Crippen LogP contribution is 2.45. The molecule has 4 aromatic rings. The minimum atomic E-state index is -0.502. The number of nitro benzene ring substituents is 1. The zero-order chi connectivity index (χ0) is 28.0. The Balaban J connectivity index is 1.62. The number of thiazole rings is 1. The van der Waals surface area contributed by atoms with Crippen LogP contribution in [0.2, 0.25) is 0 Å².